The summed E-state index contributed by atoms with van der Waals surface area (Å²) in [5, 5.41) is 1.23. The first kappa shape index (κ1) is 27.1. The molecule has 5 heterocycles. The van der Waals surface area contributed by atoms with Gasteiger partial charge in [0.25, 0.3) is 15.9 Å². The molecule has 0 aliphatic carbocycles. The molecule has 2 amide bonds. The number of cyclic esters (lactones) is 1. The number of ether oxygens (including phenoxy) is 1. The molecule has 1 atom stereocenters. The van der Waals surface area contributed by atoms with Gasteiger partial charge in [0.2, 0.25) is 5.82 Å². The number of benzene rings is 1. The second-order valence-electron chi connectivity index (χ2n) is 9.80. The standard InChI is InChI=1S/C27H26ClN7O5S/c28-21-1-2-23-19(13-21)14-24(32-23)41(38,39)34-9-10-35(22(17-34)5-8-33-11-12-40-27(33)37)26(36)25-30-15-20(16-31-25)18-3-6-29-7-4-18/h1-4,6-7,13-16,22,32H,5,8-12,17H2. The van der Waals surface area contributed by atoms with E-state index in [0.717, 1.165) is 11.1 Å². The van der Waals surface area contributed by atoms with Gasteiger partial charge in [0.15, 0.2) is 0 Å². The van der Waals surface area contributed by atoms with E-state index in [2.05, 4.69) is 19.9 Å². The first-order valence-electron chi connectivity index (χ1n) is 13.0. The van der Waals surface area contributed by atoms with Gasteiger partial charge >= 0.3 is 6.09 Å². The summed E-state index contributed by atoms with van der Waals surface area (Å²) in [5.41, 5.74) is 2.26. The SMILES string of the molecule is O=C1OCCN1CCC1CN(S(=O)(=O)c2cc3cc(Cl)ccc3[nH]2)CCN1C(=O)c1ncc(-c2ccncc2)cn1. The summed E-state index contributed by atoms with van der Waals surface area (Å²) in [6, 6.07) is 9.78. The number of H-pyrrole nitrogens is 1. The zero-order valence-corrected chi connectivity index (χ0v) is 23.4. The molecular weight excluding hydrogens is 570 g/mol. The van der Waals surface area contributed by atoms with Gasteiger partial charge in [-0.25, -0.2) is 23.2 Å². The number of nitrogens with zero attached hydrogens (tertiary/aromatic N) is 6. The molecule has 2 aliphatic rings. The van der Waals surface area contributed by atoms with E-state index in [1.54, 1.807) is 58.9 Å². The first-order valence-corrected chi connectivity index (χ1v) is 14.8. The number of sulfonamides is 1. The predicted octanol–water partition coefficient (Wildman–Crippen LogP) is 3.03. The zero-order chi connectivity index (χ0) is 28.6. The van der Waals surface area contributed by atoms with E-state index >= 15 is 0 Å². The molecule has 4 aromatic rings. The number of hydrogen-bond acceptors (Lipinski definition) is 8. The molecule has 1 unspecified atom stereocenters. The number of amides is 2. The van der Waals surface area contributed by atoms with Crippen LogP contribution in [-0.4, -0.2) is 99.8 Å². The minimum Gasteiger partial charge on any atom is -0.448 e. The van der Waals surface area contributed by atoms with Crippen molar-refractivity contribution < 1.29 is 22.7 Å². The van der Waals surface area contributed by atoms with E-state index in [1.165, 1.54) is 4.31 Å². The lowest BCUT2D eigenvalue weighted by molar-refractivity contribution is 0.0526. The number of piperazine rings is 1. The maximum Gasteiger partial charge on any atom is 0.409 e. The Bertz CT molecular complexity index is 1700. The molecular formula is C27H26ClN7O5S. The molecule has 41 heavy (non-hydrogen) atoms. The van der Waals surface area contributed by atoms with Crippen molar-refractivity contribution in [3.63, 3.8) is 0 Å². The lowest BCUT2D eigenvalue weighted by atomic mass is 10.1. The number of carbonyl (C=O) groups is 2. The molecule has 0 spiro atoms. The highest BCUT2D eigenvalue weighted by atomic mass is 35.5. The van der Waals surface area contributed by atoms with Crippen molar-refractivity contribution in [3.05, 3.63) is 72.0 Å². The van der Waals surface area contributed by atoms with Crippen LogP contribution in [-0.2, 0) is 14.8 Å². The van der Waals surface area contributed by atoms with Crippen LogP contribution >= 0.6 is 11.6 Å². The number of aromatic amines is 1. The predicted molar refractivity (Wildman–Crippen MR) is 150 cm³/mol. The second-order valence-corrected chi connectivity index (χ2v) is 12.1. The quantitative estimate of drug-likeness (QED) is 0.344. The summed E-state index contributed by atoms with van der Waals surface area (Å²) in [6.45, 7) is 1.32. The zero-order valence-electron chi connectivity index (χ0n) is 21.8. The summed E-state index contributed by atoms with van der Waals surface area (Å²) in [6.07, 6.45) is 6.40. The largest absolute Gasteiger partial charge is 0.448 e. The molecule has 2 saturated heterocycles. The van der Waals surface area contributed by atoms with E-state index in [-0.39, 0.29) is 30.5 Å². The first-order chi connectivity index (χ1) is 19.8. The van der Waals surface area contributed by atoms with Crippen LogP contribution in [0.2, 0.25) is 5.02 Å². The van der Waals surface area contributed by atoms with E-state index in [1.807, 2.05) is 12.1 Å². The smallest absolute Gasteiger partial charge is 0.409 e. The molecule has 6 rings (SSSR count). The van der Waals surface area contributed by atoms with Crippen LogP contribution in [0.3, 0.4) is 0 Å². The third-order valence-electron chi connectivity index (χ3n) is 7.32. The average Bonchev–Trinajstić information content (AvgIpc) is 3.62. The van der Waals surface area contributed by atoms with Crippen molar-refractivity contribution in [2.45, 2.75) is 17.5 Å². The maximum absolute atomic E-state index is 13.7. The highest BCUT2D eigenvalue weighted by Crippen LogP contribution is 2.27. The number of pyridine rings is 1. The van der Waals surface area contributed by atoms with Crippen molar-refractivity contribution in [1.29, 1.82) is 0 Å². The Balaban J connectivity index is 1.24. The fraction of sp³-hybridized carbons (Fsp3) is 0.296. The number of halogens is 1. The van der Waals surface area contributed by atoms with E-state index < -0.39 is 28.1 Å². The molecule has 1 aromatic carbocycles. The van der Waals surface area contributed by atoms with Crippen LogP contribution in [0.5, 0.6) is 0 Å². The molecule has 2 fully saturated rings. The molecule has 3 aromatic heterocycles. The Morgan fingerprint density at radius 1 is 1.05 bits per heavy atom. The minimum absolute atomic E-state index is 0.0113. The highest BCUT2D eigenvalue weighted by Gasteiger charge is 2.38. The van der Waals surface area contributed by atoms with Gasteiger partial charge in [0, 0.05) is 78.5 Å². The molecule has 12 nitrogen and oxygen atoms in total. The van der Waals surface area contributed by atoms with Crippen LogP contribution in [0.1, 0.15) is 17.0 Å². The molecule has 0 bridgehead atoms. The van der Waals surface area contributed by atoms with Gasteiger partial charge < -0.3 is 19.5 Å². The minimum atomic E-state index is -3.91. The van der Waals surface area contributed by atoms with Gasteiger partial charge in [0.1, 0.15) is 11.6 Å². The van der Waals surface area contributed by atoms with Crippen LogP contribution in [0.25, 0.3) is 22.0 Å². The Morgan fingerprint density at radius 2 is 1.83 bits per heavy atom. The molecule has 1 N–H and O–H groups in total. The van der Waals surface area contributed by atoms with Gasteiger partial charge in [0.05, 0.1) is 6.54 Å². The number of nitrogens with one attached hydrogen (secondary N) is 1. The molecule has 0 saturated carbocycles. The lowest BCUT2D eigenvalue weighted by Crippen LogP contribution is -2.57. The number of aromatic nitrogens is 4. The fourth-order valence-electron chi connectivity index (χ4n) is 5.11. The van der Waals surface area contributed by atoms with Crippen molar-refractivity contribution in [1.82, 2.24) is 34.0 Å². The number of carbonyl (C=O) groups excluding carboxylic acids is 2. The summed E-state index contributed by atoms with van der Waals surface area (Å²) in [4.78, 5) is 44.4. The third kappa shape index (κ3) is 5.47. The molecule has 14 heteroatoms. The van der Waals surface area contributed by atoms with Crippen LogP contribution in [0, 0.1) is 0 Å². The Morgan fingerprint density at radius 3 is 2.56 bits per heavy atom. The van der Waals surface area contributed by atoms with Gasteiger partial charge in [-0.2, -0.15) is 4.31 Å². The van der Waals surface area contributed by atoms with Gasteiger partial charge in [-0.3, -0.25) is 9.78 Å². The maximum atomic E-state index is 13.7. The topological polar surface area (TPSA) is 142 Å². The Kier molecular flexibility index (Phi) is 7.32. The van der Waals surface area contributed by atoms with Gasteiger partial charge in [-0.15, -0.1) is 0 Å². The summed E-state index contributed by atoms with van der Waals surface area (Å²) < 4.78 is 33.7. The fourth-order valence-corrected chi connectivity index (χ4v) is 6.77. The van der Waals surface area contributed by atoms with Crippen molar-refractivity contribution in [2.75, 3.05) is 39.3 Å². The van der Waals surface area contributed by atoms with E-state index in [4.69, 9.17) is 16.3 Å². The second kappa shape index (κ2) is 11.1. The summed E-state index contributed by atoms with van der Waals surface area (Å²) in [5.74, 6) is -0.394. The van der Waals surface area contributed by atoms with Crippen LogP contribution in [0.4, 0.5) is 4.79 Å². The average molecular weight is 596 g/mol. The molecule has 0 radical (unpaired) electrons. The third-order valence-corrected chi connectivity index (χ3v) is 9.34. The molecule has 212 valence electrons. The van der Waals surface area contributed by atoms with Crippen molar-refractivity contribution >= 4 is 44.5 Å². The van der Waals surface area contributed by atoms with Crippen LogP contribution in [0.15, 0.2) is 66.2 Å². The Labute approximate surface area is 241 Å². The number of fused-ring (bicyclic) bond motifs is 1. The van der Waals surface area contributed by atoms with E-state index in [9.17, 15) is 18.0 Å². The van der Waals surface area contributed by atoms with Gasteiger partial charge in [-0.05, 0) is 48.4 Å². The summed E-state index contributed by atoms with van der Waals surface area (Å²) in [7, 11) is -3.91. The summed E-state index contributed by atoms with van der Waals surface area (Å²) >= 11 is 6.08. The normalized spacial score (nSPS) is 18.2. The number of rotatable bonds is 7. The monoisotopic (exact) mass is 595 g/mol. The van der Waals surface area contributed by atoms with Gasteiger partial charge in [-0.1, -0.05) is 11.6 Å². The number of hydrogen-bond donors (Lipinski definition) is 1. The van der Waals surface area contributed by atoms with Crippen molar-refractivity contribution in [3.8, 4) is 11.1 Å². The highest BCUT2D eigenvalue weighted by molar-refractivity contribution is 7.89. The molecule has 2 aliphatic heterocycles. The lowest BCUT2D eigenvalue weighted by Gasteiger charge is -2.40. The van der Waals surface area contributed by atoms with E-state index in [0.29, 0.717) is 42.0 Å². The Hall–Kier alpha value is -4.07. The van der Waals surface area contributed by atoms with Crippen LogP contribution < -0.4 is 0 Å². The van der Waals surface area contributed by atoms with Crippen molar-refractivity contribution in [2.24, 2.45) is 0 Å².